The predicted octanol–water partition coefficient (Wildman–Crippen LogP) is 5.75. The number of nitrogens with one attached hydrogen (secondary N) is 2. The molecule has 0 fully saturated rings. The summed E-state index contributed by atoms with van der Waals surface area (Å²) < 4.78 is 7.13. The van der Waals surface area contributed by atoms with Crippen LogP contribution in [0.4, 0.5) is 11.9 Å². The molecule has 0 saturated heterocycles. The fourth-order valence-electron chi connectivity index (χ4n) is 6.44. The van der Waals surface area contributed by atoms with Crippen molar-refractivity contribution < 1.29 is 19.2 Å². The van der Waals surface area contributed by atoms with Gasteiger partial charge in [-0.05, 0) is 89.1 Å². The van der Waals surface area contributed by atoms with E-state index in [0.29, 0.717) is 84.5 Å². The van der Waals surface area contributed by atoms with Crippen LogP contribution in [0, 0.1) is 19.3 Å². The molecule has 0 unspecified atom stereocenters. The number of benzene rings is 2. The van der Waals surface area contributed by atoms with E-state index in [4.69, 9.17) is 10.7 Å². The fraction of sp³-hybridized carbons (Fsp3) is 0.368. The van der Waals surface area contributed by atoms with Crippen LogP contribution in [0.15, 0.2) is 48.5 Å². The highest BCUT2D eigenvalue weighted by molar-refractivity contribution is 6.05. The molecule has 0 bridgehead atoms. The average molecular weight is 720 g/mol. The van der Waals surface area contributed by atoms with Crippen molar-refractivity contribution in [3.8, 4) is 0 Å². The van der Waals surface area contributed by atoms with Crippen LogP contribution >= 0.6 is 0 Å². The summed E-state index contributed by atoms with van der Waals surface area (Å²) in [7, 11) is 0. The summed E-state index contributed by atoms with van der Waals surface area (Å²) in [6, 6.07) is 13.9. The molecule has 4 heterocycles. The number of hydrogen-bond donors (Lipinski definition) is 3. The van der Waals surface area contributed by atoms with Crippen molar-refractivity contribution in [1.82, 2.24) is 38.7 Å². The first-order valence-corrected chi connectivity index (χ1v) is 17.7. The van der Waals surface area contributed by atoms with Gasteiger partial charge in [-0.15, -0.1) is 0 Å². The van der Waals surface area contributed by atoms with Gasteiger partial charge in [-0.2, -0.15) is 10.2 Å². The second-order valence-corrected chi connectivity index (χ2v) is 14.1. The van der Waals surface area contributed by atoms with Gasteiger partial charge in [0.05, 0.1) is 33.5 Å². The van der Waals surface area contributed by atoms with Crippen molar-refractivity contribution in [2.24, 2.45) is 11.1 Å². The number of ketones is 1. The molecule has 0 aliphatic rings. The van der Waals surface area contributed by atoms with Crippen molar-refractivity contribution in [2.75, 3.05) is 10.6 Å². The maximum absolute atomic E-state index is 13.5. The number of anilines is 2. The lowest BCUT2D eigenvalue weighted by Gasteiger charge is -2.16. The Hall–Kier alpha value is -6.12. The predicted molar refractivity (Wildman–Crippen MR) is 202 cm³/mol. The first kappa shape index (κ1) is 36.7. The van der Waals surface area contributed by atoms with E-state index in [2.05, 4.69) is 25.8 Å². The lowest BCUT2D eigenvalue weighted by Crippen LogP contribution is -2.20. The van der Waals surface area contributed by atoms with Gasteiger partial charge in [-0.1, -0.05) is 20.8 Å². The molecule has 6 rings (SSSR count). The zero-order valence-electron chi connectivity index (χ0n) is 31.1. The normalized spacial score (nSPS) is 11.8. The molecule has 0 spiro atoms. The minimum Gasteiger partial charge on any atom is -0.366 e. The summed E-state index contributed by atoms with van der Waals surface area (Å²) in [4.78, 5) is 61.5. The topological polar surface area (TPSA) is 190 Å². The number of hydrogen-bond acceptors (Lipinski definition) is 8. The van der Waals surface area contributed by atoms with Crippen LogP contribution in [0.5, 0.6) is 0 Å². The van der Waals surface area contributed by atoms with Crippen molar-refractivity contribution in [3.05, 3.63) is 82.4 Å². The maximum atomic E-state index is 13.5. The van der Waals surface area contributed by atoms with Gasteiger partial charge in [0.1, 0.15) is 11.4 Å². The highest BCUT2D eigenvalue weighted by Crippen LogP contribution is 2.28. The number of imidazole rings is 2. The molecule has 276 valence electrons. The molecule has 0 atom stereocenters. The van der Waals surface area contributed by atoms with E-state index in [9.17, 15) is 19.2 Å². The molecule has 0 saturated carbocycles. The van der Waals surface area contributed by atoms with Gasteiger partial charge in [0.2, 0.25) is 17.8 Å². The third-order valence-electron chi connectivity index (χ3n) is 9.06. The Morgan fingerprint density at radius 2 is 1.11 bits per heavy atom. The quantitative estimate of drug-likeness (QED) is 0.0993. The Labute approximate surface area is 306 Å². The third-order valence-corrected chi connectivity index (χ3v) is 9.06. The monoisotopic (exact) mass is 719 g/mol. The Morgan fingerprint density at radius 1 is 0.679 bits per heavy atom. The summed E-state index contributed by atoms with van der Waals surface area (Å²) in [6.45, 7) is 15.1. The molecule has 4 N–H and O–H groups in total. The van der Waals surface area contributed by atoms with Crippen molar-refractivity contribution in [2.45, 2.75) is 87.5 Å². The lowest BCUT2D eigenvalue weighted by molar-refractivity contribution is 0.0857. The Bertz CT molecular complexity index is 2390. The number of primary amides is 1. The van der Waals surface area contributed by atoms with E-state index in [0.717, 1.165) is 22.4 Å². The number of aryl methyl sites for hydroxylation is 6. The summed E-state index contributed by atoms with van der Waals surface area (Å²) in [5, 5.41) is 14.8. The number of fused-ring (bicyclic) bond motifs is 2. The molecule has 53 heavy (non-hydrogen) atoms. The number of nitrogens with zero attached hydrogens (tertiary/aromatic N) is 8. The van der Waals surface area contributed by atoms with E-state index in [-0.39, 0.29) is 17.6 Å². The molecule has 15 nitrogen and oxygen atoms in total. The number of unbranched alkanes of at least 4 members (excludes halogenated alkanes) is 1. The third kappa shape index (κ3) is 7.45. The van der Waals surface area contributed by atoms with Gasteiger partial charge in [0, 0.05) is 42.7 Å². The molecule has 15 heteroatoms. The number of Topliss-reactive ketones (excluding diaryl/α,β-unsaturated/α-hetero) is 1. The molecule has 4 aromatic heterocycles. The number of nitrogens with two attached hydrogens (primary N) is 1. The summed E-state index contributed by atoms with van der Waals surface area (Å²) in [5.41, 5.74) is 10.7. The molecule has 6 aromatic rings. The number of carbonyl (C=O) groups is 4. The number of carbonyl (C=O) groups excluding carboxylic acids is 4. The Balaban J connectivity index is 1.29. The smallest absolute Gasteiger partial charge is 0.276 e. The molecule has 2 aromatic carbocycles. The highest BCUT2D eigenvalue weighted by atomic mass is 16.2. The van der Waals surface area contributed by atoms with Crippen LogP contribution in [-0.4, -0.2) is 62.2 Å². The van der Waals surface area contributed by atoms with Crippen LogP contribution < -0.4 is 16.4 Å². The summed E-state index contributed by atoms with van der Waals surface area (Å²) in [5.74, 6) is -0.588. The second kappa shape index (κ2) is 14.5. The van der Waals surface area contributed by atoms with E-state index >= 15 is 0 Å². The van der Waals surface area contributed by atoms with E-state index in [1.54, 1.807) is 51.8 Å². The van der Waals surface area contributed by atoms with E-state index in [1.807, 2.05) is 63.7 Å². The summed E-state index contributed by atoms with van der Waals surface area (Å²) in [6.07, 6.45) is 1.30. The van der Waals surface area contributed by atoms with Gasteiger partial charge < -0.3 is 14.9 Å². The lowest BCUT2D eigenvalue weighted by atomic mass is 9.86. The standard InChI is InChI=1S/C38H45N11O4/c1-8-48-30(18-22(3)44-48)34(52)42-36-40-26-20-24(32(50)38(5,6)7)12-14-28(26)46(36)16-10-11-17-47-29-15-13-25(33(39)51)21-27(29)41-37(47)43-35(53)31-19-23(4)45-49(31)9-2/h12-15,18-21H,8-11,16-17H2,1-7H3,(H2,39,51)(H,40,42,52)(H,41,43,53). The van der Waals surface area contributed by atoms with Gasteiger partial charge in [0.15, 0.2) is 5.78 Å². The first-order valence-electron chi connectivity index (χ1n) is 17.7. The molecule has 0 aliphatic heterocycles. The molecule has 0 radical (unpaired) electrons. The zero-order valence-corrected chi connectivity index (χ0v) is 31.1. The minimum atomic E-state index is -0.575. The van der Waals surface area contributed by atoms with Crippen molar-refractivity contribution in [3.63, 3.8) is 0 Å². The van der Waals surface area contributed by atoms with E-state index < -0.39 is 11.3 Å². The SMILES string of the molecule is CCn1nc(C)cc1C(=O)Nc1nc2cc(C(N)=O)ccc2n1CCCCn1c(NC(=O)c2cc(C)nn2CC)nc2cc(C(=O)C(C)(C)C)ccc21. The number of rotatable bonds is 13. The molecule has 3 amide bonds. The van der Waals surface area contributed by atoms with Crippen molar-refractivity contribution >= 4 is 57.5 Å². The van der Waals surface area contributed by atoms with Crippen LogP contribution in [0.25, 0.3) is 22.1 Å². The Morgan fingerprint density at radius 3 is 1.53 bits per heavy atom. The zero-order chi connectivity index (χ0) is 38.2. The molecule has 0 aliphatic carbocycles. The van der Waals surface area contributed by atoms with Crippen LogP contribution in [-0.2, 0) is 26.2 Å². The van der Waals surface area contributed by atoms with Crippen LogP contribution in [0.3, 0.4) is 0 Å². The Kier molecular flexibility index (Phi) is 10.0. The fourth-order valence-corrected chi connectivity index (χ4v) is 6.44. The largest absolute Gasteiger partial charge is 0.366 e. The number of aromatic nitrogens is 8. The maximum Gasteiger partial charge on any atom is 0.276 e. The molecular formula is C38H45N11O4. The minimum absolute atomic E-state index is 0.00505. The van der Waals surface area contributed by atoms with Crippen LogP contribution in [0.1, 0.15) is 101 Å². The highest BCUT2D eigenvalue weighted by Gasteiger charge is 2.25. The van der Waals surface area contributed by atoms with Gasteiger partial charge in [-0.25, -0.2) is 9.97 Å². The number of amides is 3. The van der Waals surface area contributed by atoms with Gasteiger partial charge in [0.25, 0.3) is 11.8 Å². The van der Waals surface area contributed by atoms with Gasteiger partial charge >= 0.3 is 0 Å². The van der Waals surface area contributed by atoms with Crippen LogP contribution in [0.2, 0.25) is 0 Å². The second-order valence-electron chi connectivity index (χ2n) is 14.1. The van der Waals surface area contributed by atoms with Crippen molar-refractivity contribution in [1.29, 1.82) is 0 Å². The van der Waals surface area contributed by atoms with Gasteiger partial charge in [-0.3, -0.25) is 39.2 Å². The molecular weight excluding hydrogens is 674 g/mol. The first-order chi connectivity index (χ1) is 25.2. The summed E-state index contributed by atoms with van der Waals surface area (Å²) >= 11 is 0. The van der Waals surface area contributed by atoms with E-state index in [1.165, 1.54) is 0 Å². The average Bonchev–Trinajstić information content (AvgIpc) is 3.87.